The van der Waals surface area contributed by atoms with Crippen molar-refractivity contribution in [2.75, 3.05) is 0 Å². The minimum atomic E-state index is -0.757. The fraction of sp³-hybridized carbons (Fsp3) is 0.333. The summed E-state index contributed by atoms with van der Waals surface area (Å²) in [5, 5.41) is 12.8. The highest BCUT2D eigenvalue weighted by molar-refractivity contribution is 5.45. The Bertz CT molecular complexity index is 431. The van der Waals surface area contributed by atoms with E-state index >= 15 is 0 Å². The Hall–Kier alpha value is -1.62. The second-order valence-electron chi connectivity index (χ2n) is 3.04. The van der Waals surface area contributed by atoms with Crippen LogP contribution in [0.5, 0.6) is 0 Å². The van der Waals surface area contributed by atoms with Gasteiger partial charge in [0.1, 0.15) is 11.9 Å². The molecule has 2 aromatic heterocycles. The summed E-state index contributed by atoms with van der Waals surface area (Å²) in [4.78, 5) is 3.97. The van der Waals surface area contributed by atoms with Gasteiger partial charge >= 0.3 is 0 Å². The van der Waals surface area contributed by atoms with Crippen LogP contribution >= 0.6 is 0 Å². The SMILES string of the molecule is Cc1ccc(-c2noc(C(C)O)n2)o1. The number of hydrogen-bond donors (Lipinski definition) is 1. The summed E-state index contributed by atoms with van der Waals surface area (Å²) >= 11 is 0. The van der Waals surface area contributed by atoms with E-state index < -0.39 is 6.10 Å². The molecular formula is C9H10N2O3. The maximum atomic E-state index is 9.16. The van der Waals surface area contributed by atoms with Gasteiger partial charge in [0, 0.05) is 0 Å². The lowest BCUT2D eigenvalue weighted by Gasteiger charge is -1.91. The van der Waals surface area contributed by atoms with E-state index in [1.54, 1.807) is 13.0 Å². The first-order chi connectivity index (χ1) is 6.66. The highest BCUT2D eigenvalue weighted by Crippen LogP contribution is 2.20. The van der Waals surface area contributed by atoms with Crippen molar-refractivity contribution in [1.82, 2.24) is 10.1 Å². The summed E-state index contributed by atoms with van der Waals surface area (Å²) in [6.07, 6.45) is -0.757. The van der Waals surface area contributed by atoms with Gasteiger partial charge in [-0.15, -0.1) is 0 Å². The summed E-state index contributed by atoms with van der Waals surface area (Å²) in [5.41, 5.74) is 0. The van der Waals surface area contributed by atoms with Crippen molar-refractivity contribution in [3.8, 4) is 11.6 Å². The third-order valence-electron chi connectivity index (χ3n) is 1.76. The van der Waals surface area contributed by atoms with Crippen molar-refractivity contribution in [1.29, 1.82) is 0 Å². The second-order valence-corrected chi connectivity index (χ2v) is 3.04. The van der Waals surface area contributed by atoms with Gasteiger partial charge in [-0.1, -0.05) is 5.16 Å². The molecule has 2 aromatic rings. The van der Waals surface area contributed by atoms with Crippen molar-refractivity contribution in [2.24, 2.45) is 0 Å². The highest BCUT2D eigenvalue weighted by atomic mass is 16.5. The average molecular weight is 194 g/mol. The van der Waals surface area contributed by atoms with E-state index in [2.05, 4.69) is 10.1 Å². The van der Waals surface area contributed by atoms with E-state index in [-0.39, 0.29) is 5.89 Å². The lowest BCUT2D eigenvalue weighted by atomic mass is 10.4. The molecule has 2 rings (SSSR count). The minimum absolute atomic E-state index is 0.189. The number of aryl methyl sites for hydroxylation is 1. The lowest BCUT2D eigenvalue weighted by Crippen LogP contribution is -1.89. The van der Waals surface area contributed by atoms with Crippen LogP contribution in [0.4, 0.5) is 0 Å². The van der Waals surface area contributed by atoms with Gasteiger partial charge in [0.25, 0.3) is 5.89 Å². The molecule has 5 nitrogen and oxygen atoms in total. The molecule has 0 aromatic carbocycles. The Labute approximate surface area is 80.4 Å². The van der Waals surface area contributed by atoms with E-state index in [0.29, 0.717) is 11.6 Å². The van der Waals surface area contributed by atoms with Gasteiger partial charge in [-0.2, -0.15) is 4.98 Å². The van der Waals surface area contributed by atoms with Crippen LogP contribution in [0.2, 0.25) is 0 Å². The molecule has 14 heavy (non-hydrogen) atoms. The summed E-state index contributed by atoms with van der Waals surface area (Å²) in [6, 6.07) is 3.57. The van der Waals surface area contributed by atoms with Crippen molar-refractivity contribution >= 4 is 0 Å². The highest BCUT2D eigenvalue weighted by Gasteiger charge is 2.14. The van der Waals surface area contributed by atoms with Crippen LogP contribution in [0.1, 0.15) is 24.7 Å². The molecule has 0 radical (unpaired) electrons. The van der Waals surface area contributed by atoms with Crippen LogP contribution in [0.15, 0.2) is 21.1 Å². The van der Waals surface area contributed by atoms with Crippen molar-refractivity contribution in [2.45, 2.75) is 20.0 Å². The summed E-state index contributed by atoms with van der Waals surface area (Å²) < 4.78 is 10.1. The molecule has 1 N–H and O–H groups in total. The van der Waals surface area contributed by atoms with Gasteiger partial charge in [0.2, 0.25) is 5.82 Å². The molecular weight excluding hydrogens is 184 g/mol. The number of hydrogen-bond acceptors (Lipinski definition) is 5. The molecule has 0 fully saturated rings. The summed E-state index contributed by atoms with van der Waals surface area (Å²) in [6.45, 7) is 3.39. The lowest BCUT2D eigenvalue weighted by molar-refractivity contribution is 0.152. The number of nitrogens with zero attached hydrogens (tertiary/aromatic N) is 2. The zero-order chi connectivity index (χ0) is 10.1. The van der Waals surface area contributed by atoms with Crippen LogP contribution in [0, 0.1) is 6.92 Å². The molecule has 2 heterocycles. The van der Waals surface area contributed by atoms with Gasteiger partial charge < -0.3 is 14.0 Å². The molecule has 0 amide bonds. The van der Waals surface area contributed by atoms with E-state index in [4.69, 9.17) is 14.0 Å². The van der Waals surface area contributed by atoms with Crippen LogP contribution < -0.4 is 0 Å². The molecule has 74 valence electrons. The number of furan rings is 1. The maximum Gasteiger partial charge on any atom is 0.255 e. The third kappa shape index (κ3) is 1.54. The Morgan fingerprint density at radius 2 is 2.21 bits per heavy atom. The first-order valence-electron chi connectivity index (χ1n) is 4.25. The number of aliphatic hydroxyl groups is 1. The van der Waals surface area contributed by atoms with E-state index in [1.807, 2.05) is 13.0 Å². The maximum absolute atomic E-state index is 9.16. The second kappa shape index (κ2) is 3.26. The first kappa shape index (κ1) is 8.96. The molecule has 0 saturated heterocycles. The zero-order valence-corrected chi connectivity index (χ0v) is 7.89. The van der Waals surface area contributed by atoms with Crippen LogP contribution in [0.3, 0.4) is 0 Å². The van der Waals surface area contributed by atoms with E-state index in [0.717, 1.165) is 5.76 Å². The third-order valence-corrected chi connectivity index (χ3v) is 1.76. The predicted octanol–water partition coefficient (Wildman–Crippen LogP) is 1.69. The molecule has 0 aliphatic rings. The van der Waals surface area contributed by atoms with Gasteiger partial charge in [-0.05, 0) is 26.0 Å². The fourth-order valence-electron chi connectivity index (χ4n) is 1.06. The molecule has 0 saturated carbocycles. The van der Waals surface area contributed by atoms with Gasteiger partial charge in [-0.3, -0.25) is 0 Å². The van der Waals surface area contributed by atoms with Crippen LogP contribution in [-0.2, 0) is 0 Å². The zero-order valence-electron chi connectivity index (χ0n) is 7.89. The number of aliphatic hydroxyl groups excluding tert-OH is 1. The Kier molecular flexibility index (Phi) is 2.09. The Morgan fingerprint density at radius 3 is 2.71 bits per heavy atom. The number of rotatable bonds is 2. The van der Waals surface area contributed by atoms with E-state index in [9.17, 15) is 0 Å². The molecule has 5 heteroatoms. The van der Waals surface area contributed by atoms with Gasteiger partial charge in [-0.25, -0.2) is 0 Å². The summed E-state index contributed by atoms with van der Waals surface area (Å²) in [5.74, 6) is 1.87. The Balaban J connectivity index is 2.33. The molecule has 0 bridgehead atoms. The first-order valence-corrected chi connectivity index (χ1v) is 4.25. The largest absolute Gasteiger partial charge is 0.458 e. The molecule has 1 atom stereocenters. The average Bonchev–Trinajstić information content (AvgIpc) is 2.70. The van der Waals surface area contributed by atoms with Crippen molar-refractivity contribution in [3.63, 3.8) is 0 Å². The minimum Gasteiger partial charge on any atom is -0.458 e. The molecule has 0 spiro atoms. The molecule has 0 aliphatic heterocycles. The standard InChI is InChI=1S/C9H10N2O3/c1-5-3-4-7(13-5)8-10-9(6(2)12)14-11-8/h3-4,6,12H,1-2H3. The molecule has 0 aliphatic carbocycles. The molecule has 1 unspecified atom stereocenters. The quantitative estimate of drug-likeness (QED) is 0.787. The normalized spacial score (nSPS) is 13.1. The van der Waals surface area contributed by atoms with E-state index in [1.165, 1.54) is 0 Å². The topological polar surface area (TPSA) is 72.3 Å². The van der Waals surface area contributed by atoms with Crippen LogP contribution in [-0.4, -0.2) is 15.2 Å². The van der Waals surface area contributed by atoms with Crippen molar-refractivity contribution in [3.05, 3.63) is 23.8 Å². The van der Waals surface area contributed by atoms with Crippen molar-refractivity contribution < 1.29 is 14.0 Å². The fourth-order valence-corrected chi connectivity index (χ4v) is 1.06. The van der Waals surface area contributed by atoms with Gasteiger partial charge in [0.05, 0.1) is 0 Å². The number of aromatic nitrogens is 2. The van der Waals surface area contributed by atoms with Crippen LogP contribution in [0.25, 0.3) is 11.6 Å². The monoisotopic (exact) mass is 194 g/mol. The predicted molar refractivity (Wildman–Crippen MR) is 47.4 cm³/mol. The van der Waals surface area contributed by atoms with Gasteiger partial charge in [0.15, 0.2) is 5.76 Å². The smallest absolute Gasteiger partial charge is 0.255 e. The Morgan fingerprint density at radius 1 is 1.43 bits per heavy atom. The summed E-state index contributed by atoms with van der Waals surface area (Å²) in [7, 11) is 0.